The van der Waals surface area contributed by atoms with Gasteiger partial charge in [0, 0.05) is 5.54 Å². The van der Waals surface area contributed by atoms with Gasteiger partial charge in [0.25, 0.3) is 0 Å². The van der Waals surface area contributed by atoms with Crippen molar-refractivity contribution in [2.75, 3.05) is 11.5 Å². The Bertz CT molecular complexity index is 1280. The van der Waals surface area contributed by atoms with Crippen molar-refractivity contribution < 1.29 is 0 Å². The van der Waals surface area contributed by atoms with E-state index < -0.39 is 0 Å². The van der Waals surface area contributed by atoms with Crippen LogP contribution in [0.5, 0.6) is 0 Å². The van der Waals surface area contributed by atoms with Crippen LogP contribution in [0, 0.1) is 16.7 Å². The van der Waals surface area contributed by atoms with Gasteiger partial charge in [-0.1, -0.05) is 58.9 Å². The Morgan fingerprint density at radius 1 is 0.604 bits per heavy atom. The SMILES string of the molecule is C=BC(CC)(CC)c1ccc(C(CC)(CC)C(CC)(CC)C2CSC(C(C)(CC)C(C)(CC)c3ccc(C(C)(N)CC)cc3)SC2)cc1. The Balaban J connectivity index is 1.98. The molecule has 0 amide bonds. The molecule has 1 fully saturated rings. The van der Waals surface area contributed by atoms with Gasteiger partial charge in [-0.05, 0) is 42.7 Å². The van der Waals surface area contributed by atoms with E-state index >= 15 is 0 Å². The normalized spacial score (nSPS) is 21.5. The van der Waals surface area contributed by atoms with E-state index in [9.17, 15) is 0 Å². The number of benzene rings is 2. The number of thioether (sulfide) groups is 2. The molecule has 2 aromatic carbocycles. The van der Waals surface area contributed by atoms with Crippen molar-refractivity contribution in [3.63, 3.8) is 0 Å². The van der Waals surface area contributed by atoms with E-state index in [2.05, 4.69) is 169 Å². The van der Waals surface area contributed by atoms with Gasteiger partial charge >= 0.3 is 196 Å². The van der Waals surface area contributed by atoms with Crippen LogP contribution in [0.1, 0.15) is 163 Å². The summed E-state index contributed by atoms with van der Waals surface area (Å²) in [6.07, 6.45) is 10.3. The standard InChI is InChI=1S/C44H72BNS2/c1-14-39(10,33-23-25-34(26-24-33)41(12,46)16-3)40(11,15-2)38-47-31-37(32-48-38)43(19-6,20-7)42(17-4,18-5)35-27-29-36(30-28-35)44(21-8,22-9)45-13/h23-30,37-38H,13-22,31-32,46H2,1-12H3. The predicted octanol–water partition coefficient (Wildman–Crippen LogP) is 12.5. The molecule has 1 aliphatic heterocycles. The summed E-state index contributed by atoms with van der Waals surface area (Å²) in [6.45, 7) is 35.3. The maximum absolute atomic E-state index is 6.65. The molecule has 0 aliphatic carbocycles. The first-order valence-electron chi connectivity index (χ1n) is 19.6. The second-order valence-corrected chi connectivity index (χ2v) is 18.4. The zero-order valence-electron chi connectivity index (χ0n) is 33.2. The molecule has 0 aromatic heterocycles. The van der Waals surface area contributed by atoms with Crippen LogP contribution in [-0.4, -0.2) is 29.5 Å². The molecule has 3 atom stereocenters. The van der Waals surface area contributed by atoms with E-state index in [0.717, 1.165) is 25.7 Å². The van der Waals surface area contributed by atoms with Crippen molar-refractivity contribution in [3.8, 4) is 0 Å². The van der Waals surface area contributed by atoms with Gasteiger partial charge < -0.3 is 5.73 Å². The van der Waals surface area contributed by atoms with Crippen LogP contribution >= 0.6 is 23.5 Å². The molecule has 1 aliphatic rings. The monoisotopic (exact) mass is 690 g/mol. The molecule has 268 valence electrons. The van der Waals surface area contributed by atoms with Crippen molar-refractivity contribution in [3.05, 3.63) is 70.8 Å². The van der Waals surface area contributed by atoms with E-state index in [1.54, 1.807) is 5.56 Å². The van der Waals surface area contributed by atoms with E-state index in [1.807, 2.05) is 0 Å². The molecule has 4 heteroatoms. The number of hydrogen-bond acceptors (Lipinski definition) is 3. The van der Waals surface area contributed by atoms with E-state index in [0.29, 0.717) is 10.5 Å². The summed E-state index contributed by atoms with van der Waals surface area (Å²) in [5.74, 6) is 3.18. The molecular weight excluding hydrogens is 617 g/mol. The second kappa shape index (κ2) is 16.6. The molecule has 3 rings (SSSR count). The van der Waals surface area contributed by atoms with E-state index in [-0.39, 0.29) is 32.5 Å². The van der Waals surface area contributed by atoms with Crippen LogP contribution in [0.3, 0.4) is 0 Å². The molecular formula is C44H72BNS2. The van der Waals surface area contributed by atoms with Crippen LogP contribution in [0.4, 0.5) is 0 Å². The van der Waals surface area contributed by atoms with Gasteiger partial charge in [-0.2, -0.15) is 0 Å². The predicted molar refractivity (Wildman–Crippen MR) is 223 cm³/mol. The molecule has 2 aromatic rings. The average molecular weight is 690 g/mol. The van der Waals surface area contributed by atoms with Crippen molar-refractivity contribution in [1.82, 2.24) is 0 Å². The third-order valence-corrected chi connectivity index (χ3v) is 18.6. The van der Waals surface area contributed by atoms with Gasteiger partial charge in [0.15, 0.2) is 0 Å². The second-order valence-electron chi connectivity index (χ2n) is 15.8. The Morgan fingerprint density at radius 2 is 1.06 bits per heavy atom. The first kappa shape index (κ1) is 41.5. The number of nitrogens with two attached hydrogens (primary N) is 1. The van der Waals surface area contributed by atoms with Gasteiger partial charge in [-0.25, -0.2) is 0 Å². The van der Waals surface area contributed by atoms with E-state index in [4.69, 9.17) is 5.73 Å². The third-order valence-electron chi connectivity index (χ3n) is 14.9. The quantitative estimate of drug-likeness (QED) is 0.158. The average Bonchev–Trinajstić information content (AvgIpc) is 3.14. The van der Waals surface area contributed by atoms with Crippen LogP contribution in [0.15, 0.2) is 48.5 Å². The maximum atomic E-state index is 6.65. The molecule has 2 N–H and O–H groups in total. The molecule has 1 saturated heterocycles. The molecule has 0 radical (unpaired) electrons. The summed E-state index contributed by atoms with van der Waals surface area (Å²) in [4.78, 5) is 0. The van der Waals surface area contributed by atoms with Gasteiger partial charge in [0.2, 0.25) is 0 Å². The van der Waals surface area contributed by atoms with Gasteiger partial charge in [-0.3, -0.25) is 0 Å². The Hall–Kier alpha value is -0.965. The fourth-order valence-electron chi connectivity index (χ4n) is 10.1. The Labute approximate surface area is 307 Å². The van der Waals surface area contributed by atoms with Crippen LogP contribution < -0.4 is 5.73 Å². The van der Waals surface area contributed by atoms with Crippen molar-refractivity contribution in [2.45, 2.75) is 167 Å². The first-order valence-corrected chi connectivity index (χ1v) is 21.7. The summed E-state index contributed by atoms with van der Waals surface area (Å²) in [5, 5.41) is 0.0688. The number of hydrogen-bond donors (Lipinski definition) is 1. The Morgan fingerprint density at radius 3 is 1.44 bits per heavy atom. The molecule has 0 saturated carbocycles. The summed E-state index contributed by atoms with van der Waals surface area (Å²) in [7, 11) is 0. The summed E-state index contributed by atoms with van der Waals surface area (Å²) >= 11 is 4.57. The van der Waals surface area contributed by atoms with E-state index in [1.165, 1.54) is 60.3 Å². The minimum absolute atomic E-state index is 0.0688. The van der Waals surface area contributed by atoms with Crippen molar-refractivity contribution in [2.24, 2.45) is 22.5 Å². The summed E-state index contributed by atoms with van der Waals surface area (Å²) in [5.41, 5.74) is 12.7. The molecule has 1 nitrogen and oxygen atoms in total. The number of rotatable bonds is 18. The zero-order chi connectivity index (χ0) is 36.0. The molecule has 48 heavy (non-hydrogen) atoms. The first-order chi connectivity index (χ1) is 22.7. The minimum atomic E-state index is -0.278. The molecule has 1 heterocycles. The van der Waals surface area contributed by atoms with Gasteiger partial charge in [-0.15, -0.1) is 0 Å². The van der Waals surface area contributed by atoms with Crippen LogP contribution in [-0.2, 0) is 21.7 Å². The van der Waals surface area contributed by atoms with Crippen molar-refractivity contribution in [1.29, 1.82) is 0 Å². The summed E-state index contributed by atoms with van der Waals surface area (Å²) in [6, 6.07) is 19.3. The van der Waals surface area contributed by atoms with Crippen LogP contribution in [0.25, 0.3) is 0 Å². The molecule has 3 unspecified atom stereocenters. The molecule has 0 spiro atoms. The zero-order valence-corrected chi connectivity index (χ0v) is 34.9. The van der Waals surface area contributed by atoms with Gasteiger partial charge in [0.05, 0.1) is 0 Å². The third kappa shape index (κ3) is 6.83. The molecule has 0 bridgehead atoms. The topological polar surface area (TPSA) is 26.0 Å². The van der Waals surface area contributed by atoms with Gasteiger partial charge in [0.1, 0.15) is 0 Å². The van der Waals surface area contributed by atoms with Crippen LogP contribution in [0.2, 0.25) is 0 Å². The fraction of sp³-hybridized carbons (Fsp3) is 0.705. The van der Waals surface area contributed by atoms with Crippen molar-refractivity contribution >= 4 is 36.9 Å². The summed E-state index contributed by atoms with van der Waals surface area (Å²) < 4.78 is 0.567. The fourth-order valence-corrected chi connectivity index (χ4v) is 14.4. The Kier molecular flexibility index (Phi) is 14.3.